The lowest BCUT2D eigenvalue weighted by Gasteiger charge is -2.39. The molecule has 8 rings (SSSR count). The quantitative estimate of drug-likeness (QED) is 0.325. The van der Waals surface area contributed by atoms with Gasteiger partial charge in [-0.05, 0) is 95.2 Å². The van der Waals surface area contributed by atoms with Crippen molar-refractivity contribution in [1.82, 2.24) is 0 Å². The maximum atomic E-state index is 4.92. The fourth-order valence-electron chi connectivity index (χ4n) is 9.99. The molecular formula is C36H40N+. The first-order valence-corrected chi connectivity index (χ1v) is 14.9. The van der Waals surface area contributed by atoms with Crippen molar-refractivity contribution in [1.29, 1.82) is 0 Å². The van der Waals surface area contributed by atoms with E-state index in [1.807, 2.05) is 0 Å². The maximum Gasteiger partial charge on any atom is 0.214 e. The number of benzene rings is 2. The summed E-state index contributed by atoms with van der Waals surface area (Å²) in [6, 6.07) is 19.1. The molecule has 188 valence electrons. The van der Waals surface area contributed by atoms with Gasteiger partial charge < -0.3 is 0 Å². The van der Waals surface area contributed by atoms with Crippen LogP contribution in [0.25, 0.3) is 28.0 Å². The molecule has 2 heterocycles. The van der Waals surface area contributed by atoms with Crippen LogP contribution in [-0.2, 0) is 16.4 Å². The zero-order valence-electron chi connectivity index (χ0n) is 23.1. The second-order valence-electron chi connectivity index (χ2n) is 13.6. The molecule has 1 aromatic heterocycles. The Bertz CT molecular complexity index is 1510. The van der Waals surface area contributed by atoms with Gasteiger partial charge in [0.1, 0.15) is 0 Å². The summed E-state index contributed by atoms with van der Waals surface area (Å²) in [5, 5.41) is 0. The van der Waals surface area contributed by atoms with Crippen LogP contribution in [0.5, 0.6) is 0 Å². The molecule has 1 heteroatoms. The van der Waals surface area contributed by atoms with Gasteiger partial charge in [-0.3, -0.25) is 0 Å². The average Bonchev–Trinajstić information content (AvgIpc) is 3.67. The fraction of sp³-hybridized carbons (Fsp3) is 0.472. The normalized spacial score (nSPS) is 31.3. The number of nitrogens with zero attached hydrogens (tertiary/aromatic N) is 1. The van der Waals surface area contributed by atoms with Gasteiger partial charge in [0.2, 0.25) is 5.69 Å². The number of fused-ring (bicyclic) bond motifs is 14. The van der Waals surface area contributed by atoms with E-state index in [1.54, 1.807) is 22.4 Å². The highest BCUT2D eigenvalue weighted by molar-refractivity contribution is 5.87. The van der Waals surface area contributed by atoms with Crippen molar-refractivity contribution in [3.05, 3.63) is 83.1 Å². The molecular weight excluding hydrogens is 446 g/mol. The van der Waals surface area contributed by atoms with Gasteiger partial charge in [0.15, 0.2) is 11.2 Å². The molecule has 5 aliphatic rings. The van der Waals surface area contributed by atoms with E-state index in [0.717, 1.165) is 12.8 Å². The monoisotopic (exact) mass is 486 g/mol. The Kier molecular flexibility index (Phi) is 4.25. The van der Waals surface area contributed by atoms with Crippen LogP contribution >= 0.6 is 0 Å². The highest BCUT2D eigenvalue weighted by Gasteiger charge is 2.57. The summed E-state index contributed by atoms with van der Waals surface area (Å²) in [6.45, 7) is 14.8. The first-order valence-electron chi connectivity index (χ1n) is 14.9. The van der Waals surface area contributed by atoms with E-state index < -0.39 is 0 Å². The third-order valence-corrected chi connectivity index (χ3v) is 11.9. The summed E-state index contributed by atoms with van der Waals surface area (Å²) in [5.41, 5.74) is 15.8. The van der Waals surface area contributed by atoms with E-state index in [1.165, 1.54) is 72.0 Å². The molecule has 4 bridgehead atoms. The van der Waals surface area contributed by atoms with E-state index in [2.05, 4.69) is 80.8 Å². The minimum Gasteiger partial charge on any atom is -0.185 e. The van der Waals surface area contributed by atoms with Crippen LogP contribution in [0.2, 0.25) is 0 Å². The Morgan fingerprint density at radius 1 is 0.838 bits per heavy atom. The van der Waals surface area contributed by atoms with Gasteiger partial charge >= 0.3 is 0 Å². The summed E-state index contributed by atoms with van der Waals surface area (Å²) < 4.78 is 2.85. The Hall–Kier alpha value is -2.67. The molecule has 1 aliphatic heterocycles. The molecule has 0 radical (unpaired) electrons. The average molecular weight is 487 g/mol. The van der Waals surface area contributed by atoms with Gasteiger partial charge in [-0.2, -0.15) is 4.57 Å². The number of hydrogen-bond donors (Lipinski definition) is 0. The summed E-state index contributed by atoms with van der Waals surface area (Å²) in [5.74, 6) is 1.40. The lowest BCUT2D eigenvalue weighted by molar-refractivity contribution is -0.749. The Morgan fingerprint density at radius 2 is 1.49 bits per heavy atom. The minimum atomic E-state index is -0.0389. The van der Waals surface area contributed by atoms with Gasteiger partial charge in [-0.25, -0.2) is 0 Å². The van der Waals surface area contributed by atoms with E-state index in [4.69, 9.17) is 6.58 Å². The number of pyridine rings is 1. The number of allylic oxidation sites excluding steroid dienone is 1. The van der Waals surface area contributed by atoms with Crippen molar-refractivity contribution >= 4 is 5.57 Å². The van der Waals surface area contributed by atoms with Crippen LogP contribution in [0, 0.1) is 0 Å². The van der Waals surface area contributed by atoms with Crippen LogP contribution < -0.4 is 4.57 Å². The van der Waals surface area contributed by atoms with Crippen molar-refractivity contribution in [3.63, 3.8) is 0 Å². The molecule has 2 saturated carbocycles. The predicted octanol–water partition coefficient (Wildman–Crippen LogP) is 8.93. The zero-order valence-corrected chi connectivity index (χ0v) is 23.1. The van der Waals surface area contributed by atoms with E-state index in [-0.39, 0.29) is 5.54 Å². The lowest BCUT2D eigenvalue weighted by atomic mass is 9.70. The largest absolute Gasteiger partial charge is 0.214 e. The topological polar surface area (TPSA) is 3.88 Å². The second kappa shape index (κ2) is 7.04. The van der Waals surface area contributed by atoms with Crippen LogP contribution in [0.3, 0.4) is 0 Å². The number of rotatable bonds is 3. The fourth-order valence-corrected chi connectivity index (χ4v) is 9.99. The SMILES string of the molecule is C=C1c2cc3c(cc2-c2cc(-c4ccccc4)c4c([n+]2C1(CC)CC)C1CCC4C1)C1(C)CCC3(C)C1. The molecule has 37 heavy (non-hydrogen) atoms. The predicted molar refractivity (Wildman–Crippen MR) is 153 cm³/mol. The smallest absolute Gasteiger partial charge is 0.185 e. The highest BCUT2D eigenvalue weighted by Crippen LogP contribution is 2.63. The first kappa shape index (κ1) is 22.3. The van der Waals surface area contributed by atoms with Gasteiger partial charge in [0, 0.05) is 36.0 Å². The summed E-state index contributed by atoms with van der Waals surface area (Å²) in [7, 11) is 0. The molecule has 1 nitrogen and oxygen atoms in total. The molecule has 0 saturated heterocycles. The summed E-state index contributed by atoms with van der Waals surface area (Å²) in [6.07, 6.45) is 10.2. The first-order chi connectivity index (χ1) is 17.8. The van der Waals surface area contributed by atoms with E-state index >= 15 is 0 Å². The molecule has 3 aromatic rings. The molecule has 4 unspecified atom stereocenters. The van der Waals surface area contributed by atoms with Crippen molar-refractivity contribution in [2.45, 2.75) is 107 Å². The summed E-state index contributed by atoms with van der Waals surface area (Å²) >= 11 is 0. The molecule has 2 fully saturated rings. The third-order valence-electron chi connectivity index (χ3n) is 11.9. The van der Waals surface area contributed by atoms with E-state index in [9.17, 15) is 0 Å². The maximum absolute atomic E-state index is 4.92. The van der Waals surface area contributed by atoms with Gasteiger partial charge in [0.25, 0.3) is 0 Å². The molecule has 0 spiro atoms. The molecule has 4 atom stereocenters. The molecule has 0 amide bonds. The zero-order chi connectivity index (χ0) is 25.3. The van der Waals surface area contributed by atoms with Crippen LogP contribution in [0.4, 0.5) is 0 Å². The highest BCUT2D eigenvalue weighted by atomic mass is 15.1. The third kappa shape index (κ3) is 2.55. The van der Waals surface area contributed by atoms with Crippen LogP contribution in [-0.4, -0.2) is 0 Å². The van der Waals surface area contributed by atoms with Crippen LogP contribution in [0.1, 0.15) is 119 Å². The minimum absolute atomic E-state index is 0.0389. The Labute approximate surface area is 222 Å². The lowest BCUT2D eigenvalue weighted by Crippen LogP contribution is -2.62. The van der Waals surface area contributed by atoms with Crippen molar-refractivity contribution in [2.75, 3.05) is 0 Å². The molecule has 2 aromatic carbocycles. The van der Waals surface area contributed by atoms with E-state index in [0.29, 0.717) is 22.7 Å². The van der Waals surface area contributed by atoms with Crippen molar-refractivity contribution in [3.8, 4) is 22.4 Å². The molecule has 4 aliphatic carbocycles. The standard InChI is InChI=1S/C36H40N/c1-6-36(7-2)22(3)26-18-29-30(35(5)16-15-34(29,4)21-35)19-28(26)31-20-27(23-11-9-8-10-12-23)32-24-13-14-25(17-24)33(32)37(31)36/h8-12,18-20,24-25H,3,6-7,13-17,21H2,1-2,4-5H3/q+1. The number of aromatic nitrogens is 1. The second-order valence-corrected chi connectivity index (χ2v) is 13.6. The van der Waals surface area contributed by atoms with Gasteiger partial charge in [-0.1, -0.05) is 64.6 Å². The number of hydrogen-bond acceptors (Lipinski definition) is 0. The Balaban J connectivity index is 1.50. The van der Waals surface area contributed by atoms with Crippen molar-refractivity contribution in [2.24, 2.45) is 0 Å². The summed E-state index contributed by atoms with van der Waals surface area (Å²) in [4.78, 5) is 0. The van der Waals surface area contributed by atoms with Crippen LogP contribution in [0.15, 0.2) is 55.1 Å². The van der Waals surface area contributed by atoms with Gasteiger partial charge in [-0.15, -0.1) is 0 Å². The Morgan fingerprint density at radius 3 is 2.16 bits per heavy atom. The molecule has 0 N–H and O–H groups in total. The van der Waals surface area contributed by atoms with Gasteiger partial charge in [0.05, 0.1) is 5.56 Å². The van der Waals surface area contributed by atoms with Crippen molar-refractivity contribution < 1.29 is 4.57 Å².